The average molecular weight is 319 g/mol. The Morgan fingerprint density at radius 1 is 1.00 bits per heavy atom. The van der Waals surface area contributed by atoms with Crippen LogP contribution in [0.25, 0.3) is 0 Å². The lowest BCUT2D eigenvalue weighted by atomic mass is 10.1. The Bertz CT molecular complexity index is 406. The topological polar surface area (TPSA) is 111 Å². The highest BCUT2D eigenvalue weighted by molar-refractivity contribution is 5.82. The maximum Gasteiger partial charge on any atom is 0.408 e. The van der Waals surface area contributed by atoms with Crippen molar-refractivity contribution < 1.29 is 34.0 Å². The number of esters is 1. The van der Waals surface area contributed by atoms with Crippen molar-refractivity contribution in [3.05, 3.63) is 0 Å². The second-order valence-corrected chi connectivity index (χ2v) is 6.73. The zero-order valence-electron chi connectivity index (χ0n) is 13.9. The summed E-state index contributed by atoms with van der Waals surface area (Å²) in [7, 11) is 0. The first kappa shape index (κ1) is 20.2. The van der Waals surface area contributed by atoms with E-state index in [0.29, 0.717) is 0 Å². The van der Waals surface area contributed by atoms with Crippen molar-refractivity contribution in [2.75, 3.05) is 0 Å². The van der Waals surface area contributed by atoms with E-state index in [2.05, 4.69) is 10.2 Å². The summed E-state index contributed by atoms with van der Waals surface area (Å²) in [5, 5.41) is 10.6. The molecule has 8 nitrogen and oxygen atoms in total. The number of hydrogen-bond acceptors (Lipinski definition) is 7. The van der Waals surface area contributed by atoms with Crippen LogP contribution in [-0.2, 0) is 24.0 Å². The minimum absolute atomic E-state index is 0.0897. The van der Waals surface area contributed by atoms with E-state index < -0.39 is 35.3 Å². The summed E-state index contributed by atoms with van der Waals surface area (Å²) in [6.45, 7) is 10.1. The van der Waals surface area contributed by atoms with Crippen LogP contribution in [0.4, 0.5) is 4.79 Å². The number of amides is 1. The van der Waals surface area contributed by atoms with E-state index in [1.807, 2.05) is 0 Å². The first-order valence-corrected chi connectivity index (χ1v) is 6.90. The van der Waals surface area contributed by atoms with Crippen molar-refractivity contribution in [3.63, 3.8) is 0 Å². The Morgan fingerprint density at radius 3 is 1.91 bits per heavy atom. The third-order valence-corrected chi connectivity index (χ3v) is 2.12. The van der Waals surface area contributed by atoms with Gasteiger partial charge in [0.2, 0.25) is 0 Å². The molecule has 0 saturated heterocycles. The highest BCUT2D eigenvalue weighted by Gasteiger charge is 2.29. The predicted octanol–water partition coefficient (Wildman–Crippen LogP) is 2.02. The number of nitrogens with one attached hydrogen (secondary N) is 1. The molecule has 0 aromatic heterocycles. The maximum atomic E-state index is 12.1. The van der Waals surface area contributed by atoms with Gasteiger partial charge in [-0.15, -0.1) is 0 Å². The van der Waals surface area contributed by atoms with Crippen molar-refractivity contribution in [3.8, 4) is 0 Å². The molecule has 0 fully saturated rings. The van der Waals surface area contributed by atoms with Crippen molar-refractivity contribution in [2.45, 2.75) is 71.6 Å². The molecule has 0 aromatic rings. The molecule has 0 aliphatic heterocycles. The molecular weight excluding hydrogens is 294 g/mol. The summed E-state index contributed by atoms with van der Waals surface area (Å²) in [5.41, 5.74) is -1.48. The van der Waals surface area contributed by atoms with Gasteiger partial charge in [0.25, 0.3) is 0 Å². The van der Waals surface area contributed by atoms with Crippen LogP contribution in [0, 0.1) is 0 Å². The van der Waals surface area contributed by atoms with E-state index in [1.165, 1.54) is 0 Å². The standard InChI is InChI=1S/C14H25NO7/c1-13(2,3)20-11(17)9(7-8-10(16)22-19)15-12(18)21-14(4,5)6/h9,19H,7-8H2,1-6H3,(H,15,18)/t9-/m0/s1. The first-order valence-electron chi connectivity index (χ1n) is 6.90. The minimum Gasteiger partial charge on any atom is -0.458 e. The van der Waals surface area contributed by atoms with Gasteiger partial charge in [-0.3, -0.25) is 0 Å². The Kier molecular flexibility index (Phi) is 7.31. The summed E-state index contributed by atoms with van der Waals surface area (Å²) in [6.07, 6.45) is -1.16. The number of rotatable bonds is 5. The van der Waals surface area contributed by atoms with E-state index >= 15 is 0 Å². The van der Waals surface area contributed by atoms with E-state index in [4.69, 9.17) is 14.7 Å². The van der Waals surface area contributed by atoms with Gasteiger partial charge >= 0.3 is 18.0 Å². The van der Waals surface area contributed by atoms with Gasteiger partial charge < -0.3 is 19.7 Å². The molecule has 1 amide bonds. The normalized spacial score (nSPS) is 13.0. The van der Waals surface area contributed by atoms with Crippen LogP contribution in [0.15, 0.2) is 0 Å². The molecule has 2 N–H and O–H groups in total. The molecule has 0 aliphatic carbocycles. The highest BCUT2D eigenvalue weighted by Crippen LogP contribution is 2.12. The third kappa shape index (κ3) is 9.98. The maximum absolute atomic E-state index is 12.1. The molecule has 8 heteroatoms. The minimum atomic E-state index is -1.09. The van der Waals surface area contributed by atoms with Gasteiger partial charge in [0.15, 0.2) is 0 Å². The van der Waals surface area contributed by atoms with Crippen LogP contribution in [0.5, 0.6) is 0 Å². The lowest BCUT2D eigenvalue weighted by Crippen LogP contribution is -2.46. The fraction of sp³-hybridized carbons (Fsp3) is 0.786. The van der Waals surface area contributed by atoms with Crippen LogP contribution in [-0.4, -0.2) is 40.5 Å². The van der Waals surface area contributed by atoms with Crippen LogP contribution in [0.2, 0.25) is 0 Å². The van der Waals surface area contributed by atoms with Gasteiger partial charge in [-0.05, 0) is 48.0 Å². The lowest BCUT2D eigenvalue weighted by Gasteiger charge is -2.26. The molecular formula is C14H25NO7. The summed E-state index contributed by atoms with van der Waals surface area (Å²) < 4.78 is 10.2. The molecule has 0 aliphatic rings. The molecule has 128 valence electrons. The van der Waals surface area contributed by atoms with Crippen molar-refractivity contribution >= 4 is 18.0 Å². The highest BCUT2D eigenvalue weighted by atomic mass is 17.1. The Balaban J connectivity index is 4.81. The molecule has 1 atom stereocenters. The molecule has 0 saturated carbocycles. The van der Waals surface area contributed by atoms with Crippen LogP contribution in [0.1, 0.15) is 54.4 Å². The Labute approximate surface area is 130 Å². The summed E-state index contributed by atoms with van der Waals surface area (Å²) in [6, 6.07) is -1.09. The first-order chi connectivity index (χ1) is 9.84. The summed E-state index contributed by atoms with van der Waals surface area (Å²) in [4.78, 5) is 38.3. The quantitative estimate of drug-likeness (QED) is 0.345. The van der Waals surface area contributed by atoms with Gasteiger partial charge in [0.1, 0.15) is 17.2 Å². The molecule has 0 radical (unpaired) electrons. The molecule has 22 heavy (non-hydrogen) atoms. The Morgan fingerprint density at radius 2 is 1.50 bits per heavy atom. The van der Waals surface area contributed by atoms with Crippen molar-refractivity contribution in [1.82, 2.24) is 5.32 Å². The molecule has 0 bridgehead atoms. The van der Waals surface area contributed by atoms with E-state index in [0.717, 1.165) is 0 Å². The van der Waals surface area contributed by atoms with Crippen LogP contribution >= 0.6 is 0 Å². The number of hydrogen-bond donors (Lipinski definition) is 2. The van der Waals surface area contributed by atoms with Crippen LogP contribution < -0.4 is 5.32 Å². The zero-order valence-corrected chi connectivity index (χ0v) is 13.9. The predicted molar refractivity (Wildman–Crippen MR) is 77.0 cm³/mol. The van der Waals surface area contributed by atoms with Gasteiger partial charge in [-0.25, -0.2) is 14.4 Å². The molecule has 0 heterocycles. The summed E-state index contributed by atoms with van der Waals surface area (Å²) in [5.74, 6) is -1.62. The van der Waals surface area contributed by atoms with Crippen LogP contribution in [0.3, 0.4) is 0 Å². The third-order valence-electron chi connectivity index (χ3n) is 2.12. The fourth-order valence-corrected chi connectivity index (χ4v) is 1.38. The molecule has 0 rings (SSSR count). The SMILES string of the molecule is CC(C)(C)OC(=O)N[C@@H](CCC(=O)OO)C(=O)OC(C)(C)C. The van der Waals surface area contributed by atoms with E-state index in [9.17, 15) is 14.4 Å². The van der Waals surface area contributed by atoms with Gasteiger partial charge in [-0.2, -0.15) is 5.26 Å². The summed E-state index contributed by atoms with van der Waals surface area (Å²) >= 11 is 0. The average Bonchev–Trinajstić information content (AvgIpc) is 2.29. The van der Waals surface area contributed by atoms with E-state index in [-0.39, 0.29) is 12.8 Å². The van der Waals surface area contributed by atoms with Crippen molar-refractivity contribution in [2.24, 2.45) is 0 Å². The second-order valence-electron chi connectivity index (χ2n) is 6.73. The zero-order chi connectivity index (χ0) is 17.6. The fourth-order valence-electron chi connectivity index (χ4n) is 1.38. The largest absolute Gasteiger partial charge is 0.458 e. The number of carbonyl (C=O) groups excluding carboxylic acids is 3. The number of carbonyl (C=O) groups is 3. The van der Waals surface area contributed by atoms with Gasteiger partial charge in [-0.1, -0.05) is 0 Å². The number of alkyl carbamates (subject to hydrolysis) is 1. The molecule has 0 unspecified atom stereocenters. The van der Waals surface area contributed by atoms with Crippen molar-refractivity contribution in [1.29, 1.82) is 0 Å². The smallest absolute Gasteiger partial charge is 0.408 e. The van der Waals surface area contributed by atoms with E-state index in [1.54, 1.807) is 41.5 Å². The molecule has 0 spiro atoms. The Hall–Kier alpha value is -1.83. The number of ether oxygens (including phenoxy) is 2. The monoisotopic (exact) mass is 319 g/mol. The lowest BCUT2D eigenvalue weighted by molar-refractivity contribution is -0.234. The molecule has 0 aromatic carbocycles. The van der Waals surface area contributed by atoms with Gasteiger partial charge in [0.05, 0.1) is 6.42 Å². The van der Waals surface area contributed by atoms with Gasteiger partial charge in [0, 0.05) is 0 Å². The second kappa shape index (κ2) is 7.98.